The molecule has 4 rings (SSSR count). The summed E-state index contributed by atoms with van der Waals surface area (Å²) in [6, 6.07) is 6.93. The number of morpholine rings is 1. The van der Waals surface area contributed by atoms with E-state index in [1.807, 2.05) is 24.3 Å². The molecule has 0 radical (unpaired) electrons. The van der Waals surface area contributed by atoms with Gasteiger partial charge in [0.25, 0.3) is 0 Å². The number of rotatable bonds is 6. The molecule has 0 aromatic heterocycles. The summed E-state index contributed by atoms with van der Waals surface area (Å²) < 4.78 is 10.5. The standard InChI is InChI=1S/C21H30N4O5S/c1-29-14-4-2-13(3-5-14)23-21-24-17-18(27)16(26)12-15(19(17)31-21)20(28)22-6-7-25-8-10-30-11-9-25/h2-5,15-19,26-27H,6-12H2,1H3,(H,22,28)(H,23,24)/t15-,16+,17+,18-,19+/m0/s1. The van der Waals surface area contributed by atoms with Crippen LogP contribution in [0.4, 0.5) is 5.69 Å². The molecule has 1 saturated heterocycles. The van der Waals surface area contributed by atoms with Crippen molar-refractivity contribution in [2.45, 2.75) is 29.9 Å². The van der Waals surface area contributed by atoms with Crippen LogP contribution in [0.3, 0.4) is 0 Å². The average molecular weight is 451 g/mol. The smallest absolute Gasteiger partial charge is 0.224 e. The summed E-state index contributed by atoms with van der Waals surface area (Å²) in [6.07, 6.45) is -1.73. The van der Waals surface area contributed by atoms with Gasteiger partial charge in [0.05, 0.1) is 38.4 Å². The van der Waals surface area contributed by atoms with E-state index < -0.39 is 24.2 Å². The Hall–Kier alpha value is -1.85. The number of thioether (sulfide) groups is 1. The van der Waals surface area contributed by atoms with E-state index in [9.17, 15) is 15.0 Å². The number of amides is 1. The second kappa shape index (κ2) is 10.2. The predicted molar refractivity (Wildman–Crippen MR) is 120 cm³/mol. The molecule has 170 valence electrons. The monoisotopic (exact) mass is 450 g/mol. The molecule has 3 aliphatic rings. The summed E-state index contributed by atoms with van der Waals surface area (Å²) in [6.45, 7) is 4.52. The van der Waals surface area contributed by atoms with Gasteiger partial charge in [0.15, 0.2) is 5.17 Å². The fourth-order valence-electron chi connectivity index (χ4n) is 4.20. The highest BCUT2D eigenvalue weighted by atomic mass is 32.2. The molecule has 9 nitrogen and oxygen atoms in total. The number of aliphatic hydroxyl groups is 2. The van der Waals surface area contributed by atoms with Gasteiger partial charge in [0.1, 0.15) is 11.9 Å². The summed E-state index contributed by atoms with van der Waals surface area (Å²) in [5, 5.41) is 27.5. The molecular formula is C21H30N4O5S. The normalized spacial score (nSPS) is 30.9. The molecule has 0 unspecified atom stereocenters. The number of methoxy groups -OCH3 is 1. The number of carbonyl (C=O) groups excluding carboxylic acids is 1. The summed E-state index contributed by atoms with van der Waals surface area (Å²) in [4.78, 5) is 19.8. The van der Waals surface area contributed by atoms with Crippen molar-refractivity contribution < 1.29 is 24.5 Å². The number of benzene rings is 1. The van der Waals surface area contributed by atoms with Crippen molar-refractivity contribution in [2.24, 2.45) is 10.9 Å². The minimum atomic E-state index is -0.981. The van der Waals surface area contributed by atoms with Crippen molar-refractivity contribution >= 4 is 28.5 Å². The summed E-state index contributed by atoms with van der Waals surface area (Å²) in [5.41, 5.74) is 0.840. The second-order valence-electron chi connectivity index (χ2n) is 8.01. The van der Waals surface area contributed by atoms with Crippen LogP contribution in [-0.4, -0.2) is 96.2 Å². The van der Waals surface area contributed by atoms with Crippen LogP contribution in [0.2, 0.25) is 0 Å². The van der Waals surface area contributed by atoms with E-state index in [2.05, 4.69) is 20.5 Å². The SMILES string of the molecule is COc1ccc(NC2=N[C@@H]3[C@@H](O)[C@H](O)C[C@H](C(=O)NCCN4CCOCC4)[C@H]3S2)cc1. The lowest BCUT2D eigenvalue weighted by Gasteiger charge is -2.37. The molecule has 1 aliphatic carbocycles. The Balaban J connectivity index is 1.36. The number of aliphatic hydroxyl groups excluding tert-OH is 2. The lowest BCUT2D eigenvalue weighted by atomic mass is 9.81. The van der Waals surface area contributed by atoms with E-state index >= 15 is 0 Å². The van der Waals surface area contributed by atoms with Crippen LogP contribution < -0.4 is 15.4 Å². The van der Waals surface area contributed by atoms with Crippen molar-refractivity contribution in [1.82, 2.24) is 10.2 Å². The number of aliphatic imine (C=N–C) groups is 1. The van der Waals surface area contributed by atoms with Gasteiger partial charge in [-0.25, -0.2) is 0 Å². The molecule has 0 bridgehead atoms. The zero-order chi connectivity index (χ0) is 21.8. The molecule has 2 aliphatic heterocycles. The maximum Gasteiger partial charge on any atom is 0.224 e. The molecule has 1 aromatic rings. The van der Waals surface area contributed by atoms with Gasteiger partial charge >= 0.3 is 0 Å². The van der Waals surface area contributed by atoms with Crippen LogP contribution in [0.5, 0.6) is 5.75 Å². The zero-order valence-corrected chi connectivity index (χ0v) is 18.4. The molecule has 2 heterocycles. The first kappa shape index (κ1) is 22.3. The number of nitrogens with one attached hydrogen (secondary N) is 2. The summed E-state index contributed by atoms with van der Waals surface area (Å²) in [5.74, 6) is 0.243. The van der Waals surface area contributed by atoms with E-state index in [1.54, 1.807) is 7.11 Å². The Morgan fingerprint density at radius 1 is 1.29 bits per heavy atom. The van der Waals surface area contributed by atoms with Crippen molar-refractivity contribution in [3.8, 4) is 5.75 Å². The Labute approximate surface area is 186 Å². The van der Waals surface area contributed by atoms with Gasteiger partial charge in [-0.1, -0.05) is 11.8 Å². The number of ether oxygens (including phenoxy) is 2. The molecule has 1 saturated carbocycles. The van der Waals surface area contributed by atoms with E-state index in [0.29, 0.717) is 11.7 Å². The molecule has 1 amide bonds. The lowest BCUT2D eigenvalue weighted by Crippen LogP contribution is -2.54. The quantitative estimate of drug-likeness (QED) is 0.484. The van der Waals surface area contributed by atoms with Gasteiger partial charge in [0.2, 0.25) is 5.91 Å². The molecule has 4 N–H and O–H groups in total. The fraction of sp³-hybridized carbons (Fsp3) is 0.619. The number of hydrogen-bond acceptors (Lipinski definition) is 9. The first-order valence-electron chi connectivity index (χ1n) is 10.6. The van der Waals surface area contributed by atoms with Crippen LogP contribution in [-0.2, 0) is 9.53 Å². The Kier molecular flexibility index (Phi) is 7.34. The van der Waals surface area contributed by atoms with Crippen LogP contribution in [0.25, 0.3) is 0 Å². The third-order valence-corrected chi connectivity index (χ3v) is 7.31. The third-order valence-electron chi connectivity index (χ3n) is 6.00. The second-order valence-corrected chi connectivity index (χ2v) is 9.17. The molecule has 5 atom stereocenters. The van der Waals surface area contributed by atoms with Gasteiger partial charge in [-0.05, 0) is 30.7 Å². The number of carbonyl (C=O) groups is 1. The number of nitrogens with zero attached hydrogens (tertiary/aromatic N) is 2. The van der Waals surface area contributed by atoms with Crippen molar-refractivity contribution in [2.75, 3.05) is 51.8 Å². The Morgan fingerprint density at radius 3 is 2.74 bits per heavy atom. The highest BCUT2D eigenvalue weighted by molar-refractivity contribution is 8.15. The maximum absolute atomic E-state index is 12.9. The minimum Gasteiger partial charge on any atom is -0.497 e. The van der Waals surface area contributed by atoms with Crippen LogP contribution >= 0.6 is 11.8 Å². The molecular weight excluding hydrogens is 420 g/mol. The average Bonchev–Trinajstić information content (AvgIpc) is 3.21. The van der Waals surface area contributed by atoms with Gasteiger partial charge in [-0.15, -0.1) is 0 Å². The molecule has 31 heavy (non-hydrogen) atoms. The first-order valence-corrected chi connectivity index (χ1v) is 11.5. The topological polar surface area (TPSA) is 116 Å². The molecule has 2 fully saturated rings. The number of fused-ring (bicyclic) bond motifs is 1. The fourth-order valence-corrected chi connectivity index (χ4v) is 5.58. The highest BCUT2D eigenvalue weighted by Crippen LogP contribution is 2.41. The number of anilines is 1. The largest absolute Gasteiger partial charge is 0.497 e. The molecule has 1 aromatic carbocycles. The van der Waals surface area contributed by atoms with E-state index in [0.717, 1.165) is 44.3 Å². The summed E-state index contributed by atoms with van der Waals surface area (Å²) >= 11 is 1.45. The van der Waals surface area contributed by atoms with Crippen LogP contribution in [0.15, 0.2) is 29.3 Å². The van der Waals surface area contributed by atoms with Gasteiger partial charge < -0.3 is 30.3 Å². The minimum absolute atomic E-state index is 0.0948. The number of hydrogen-bond donors (Lipinski definition) is 4. The Morgan fingerprint density at radius 2 is 2.03 bits per heavy atom. The van der Waals surface area contributed by atoms with Gasteiger partial charge in [0, 0.05) is 37.1 Å². The third kappa shape index (κ3) is 5.32. The maximum atomic E-state index is 12.9. The highest BCUT2D eigenvalue weighted by Gasteiger charge is 2.50. The van der Waals surface area contributed by atoms with Gasteiger partial charge in [-0.2, -0.15) is 0 Å². The van der Waals surface area contributed by atoms with Crippen LogP contribution in [0.1, 0.15) is 6.42 Å². The van der Waals surface area contributed by atoms with E-state index in [4.69, 9.17) is 9.47 Å². The Bertz CT molecular complexity index is 786. The van der Waals surface area contributed by atoms with Crippen molar-refractivity contribution in [3.63, 3.8) is 0 Å². The number of amidine groups is 1. The summed E-state index contributed by atoms with van der Waals surface area (Å²) in [7, 11) is 1.61. The first-order chi connectivity index (χ1) is 15.0. The van der Waals surface area contributed by atoms with Crippen molar-refractivity contribution in [1.29, 1.82) is 0 Å². The van der Waals surface area contributed by atoms with Gasteiger partial charge in [-0.3, -0.25) is 14.7 Å². The van der Waals surface area contributed by atoms with Crippen molar-refractivity contribution in [3.05, 3.63) is 24.3 Å². The van der Waals surface area contributed by atoms with Crippen LogP contribution in [0, 0.1) is 5.92 Å². The lowest BCUT2D eigenvalue weighted by molar-refractivity contribution is -0.129. The predicted octanol–water partition coefficient (Wildman–Crippen LogP) is 0.137. The molecule has 0 spiro atoms. The molecule has 10 heteroatoms. The zero-order valence-electron chi connectivity index (χ0n) is 17.6. The van der Waals surface area contributed by atoms with E-state index in [-0.39, 0.29) is 17.6 Å². The van der Waals surface area contributed by atoms with E-state index in [1.165, 1.54) is 11.8 Å².